The predicted octanol–water partition coefficient (Wildman–Crippen LogP) is 3.00. The minimum absolute atomic E-state index is 0.00341. The van der Waals surface area contributed by atoms with Crippen LogP contribution in [0.15, 0.2) is 16.5 Å². The largest absolute Gasteiger partial charge is 0.449 e. The van der Waals surface area contributed by atoms with Gasteiger partial charge in [0.1, 0.15) is 11.3 Å². The number of benzene rings is 1. The Balaban J connectivity index is 1.98. The summed E-state index contributed by atoms with van der Waals surface area (Å²) in [5, 5.41) is 7.48. The number of hydrogen-bond acceptors (Lipinski definition) is 7. The molecule has 24 heavy (non-hydrogen) atoms. The van der Waals surface area contributed by atoms with E-state index in [2.05, 4.69) is 20.2 Å². The molecule has 0 aliphatic heterocycles. The van der Waals surface area contributed by atoms with Crippen LogP contribution in [0.3, 0.4) is 0 Å². The van der Waals surface area contributed by atoms with Gasteiger partial charge in [-0.2, -0.15) is 0 Å². The maximum Gasteiger partial charge on any atom is 0.341 e. The van der Waals surface area contributed by atoms with E-state index in [1.807, 2.05) is 0 Å². The van der Waals surface area contributed by atoms with E-state index in [4.69, 9.17) is 9.15 Å². The summed E-state index contributed by atoms with van der Waals surface area (Å²) in [7, 11) is 0. The van der Waals surface area contributed by atoms with E-state index in [9.17, 15) is 9.18 Å². The van der Waals surface area contributed by atoms with Crippen LogP contribution in [0.25, 0.3) is 11.0 Å². The minimum atomic E-state index is -0.767. The Hall–Kier alpha value is -2.90. The van der Waals surface area contributed by atoms with Gasteiger partial charge in [-0.05, 0) is 26.8 Å². The first-order valence-electron chi connectivity index (χ1n) is 7.30. The Kier molecular flexibility index (Phi) is 3.96. The number of hydrogen-bond donors (Lipinski definition) is 0. The normalized spacial score (nSPS) is 12.4. The predicted molar refractivity (Wildman–Crippen MR) is 81.8 cm³/mol. The Labute approximate surface area is 136 Å². The third-order valence-corrected chi connectivity index (χ3v) is 3.54. The third kappa shape index (κ3) is 2.94. The number of esters is 1. The van der Waals surface area contributed by atoms with Crippen LogP contribution in [-0.2, 0) is 4.74 Å². The molecule has 0 bridgehead atoms. The van der Waals surface area contributed by atoms with Crippen molar-refractivity contribution in [2.75, 3.05) is 0 Å². The summed E-state index contributed by atoms with van der Waals surface area (Å²) >= 11 is 0. The summed E-state index contributed by atoms with van der Waals surface area (Å²) < 4.78 is 24.4. The fraction of sp³-hybridized carbons (Fsp3) is 0.312. The second kappa shape index (κ2) is 5.95. The lowest BCUT2D eigenvalue weighted by atomic mass is 10.1. The Bertz CT molecular complexity index is 938. The molecule has 0 amide bonds. The zero-order chi connectivity index (χ0) is 17.4. The van der Waals surface area contributed by atoms with Crippen molar-refractivity contribution in [1.29, 1.82) is 0 Å². The second-order valence-corrected chi connectivity index (χ2v) is 5.42. The molecular formula is C16H15FN4O3. The van der Waals surface area contributed by atoms with Crippen molar-refractivity contribution in [1.82, 2.24) is 20.2 Å². The molecule has 0 saturated carbocycles. The van der Waals surface area contributed by atoms with Crippen LogP contribution < -0.4 is 0 Å². The van der Waals surface area contributed by atoms with E-state index in [1.165, 1.54) is 6.07 Å². The SMILES string of the molecule is Cc1nnc([C@@H](C)OC(=O)c2cc(F)cc3nc(C)c(C)nc23)o1. The van der Waals surface area contributed by atoms with Crippen molar-refractivity contribution in [2.45, 2.75) is 33.8 Å². The number of nitrogens with zero attached hydrogens (tertiary/aromatic N) is 4. The van der Waals surface area contributed by atoms with E-state index in [0.717, 1.165) is 6.07 Å². The smallest absolute Gasteiger partial charge is 0.341 e. The maximum absolute atomic E-state index is 13.8. The molecule has 0 aliphatic carbocycles. The van der Waals surface area contributed by atoms with Crippen LogP contribution in [0.2, 0.25) is 0 Å². The molecule has 8 heteroatoms. The quantitative estimate of drug-likeness (QED) is 0.682. The number of carbonyl (C=O) groups is 1. The number of aryl methyl sites for hydroxylation is 3. The molecular weight excluding hydrogens is 315 g/mol. The van der Waals surface area contributed by atoms with Crippen molar-refractivity contribution in [2.24, 2.45) is 0 Å². The van der Waals surface area contributed by atoms with Gasteiger partial charge >= 0.3 is 5.97 Å². The van der Waals surface area contributed by atoms with Crippen LogP contribution in [0.5, 0.6) is 0 Å². The number of carbonyl (C=O) groups excluding carboxylic acids is 1. The van der Waals surface area contributed by atoms with Crippen molar-refractivity contribution in [3.8, 4) is 0 Å². The lowest BCUT2D eigenvalue weighted by Gasteiger charge is -2.11. The number of aromatic nitrogens is 4. The second-order valence-electron chi connectivity index (χ2n) is 5.42. The molecule has 7 nitrogen and oxygen atoms in total. The minimum Gasteiger partial charge on any atom is -0.449 e. The van der Waals surface area contributed by atoms with Crippen molar-refractivity contribution in [3.63, 3.8) is 0 Å². The summed E-state index contributed by atoms with van der Waals surface area (Å²) in [6.07, 6.45) is -0.767. The molecule has 0 N–H and O–H groups in total. The molecule has 0 fully saturated rings. The number of halogens is 1. The summed E-state index contributed by atoms with van der Waals surface area (Å²) in [5.74, 6) is -0.797. The van der Waals surface area contributed by atoms with Crippen LogP contribution in [0.1, 0.15) is 46.6 Å². The molecule has 2 heterocycles. The van der Waals surface area contributed by atoms with Gasteiger partial charge in [-0.25, -0.2) is 19.2 Å². The monoisotopic (exact) mass is 330 g/mol. The number of rotatable bonds is 3. The van der Waals surface area contributed by atoms with Crippen LogP contribution in [0, 0.1) is 26.6 Å². The van der Waals surface area contributed by atoms with Gasteiger partial charge < -0.3 is 9.15 Å². The van der Waals surface area contributed by atoms with Gasteiger partial charge in [-0.15, -0.1) is 10.2 Å². The van der Waals surface area contributed by atoms with Gasteiger partial charge in [0.2, 0.25) is 5.89 Å². The molecule has 1 aromatic carbocycles. The van der Waals surface area contributed by atoms with Gasteiger partial charge in [0.15, 0.2) is 6.10 Å². The highest BCUT2D eigenvalue weighted by Gasteiger charge is 2.22. The van der Waals surface area contributed by atoms with Crippen LogP contribution >= 0.6 is 0 Å². The van der Waals surface area contributed by atoms with E-state index in [-0.39, 0.29) is 11.5 Å². The first-order valence-corrected chi connectivity index (χ1v) is 7.30. The highest BCUT2D eigenvalue weighted by molar-refractivity contribution is 6.01. The first kappa shape index (κ1) is 16.0. The summed E-state index contributed by atoms with van der Waals surface area (Å²) in [6, 6.07) is 2.32. The van der Waals surface area contributed by atoms with E-state index >= 15 is 0 Å². The molecule has 3 rings (SSSR count). The highest BCUT2D eigenvalue weighted by atomic mass is 19.1. The zero-order valence-corrected chi connectivity index (χ0v) is 13.6. The fourth-order valence-corrected chi connectivity index (χ4v) is 2.20. The van der Waals surface area contributed by atoms with Gasteiger partial charge in [0.25, 0.3) is 5.89 Å². The molecule has 124 valence electrons. The Morgan fingerprint density at radius 1 is 1.17 bits per heavy atom. The van der Waals surface area contributed by atoms with Crippen LogP contribution in [0.4, 0.5) is 4.39 Å². The van der Waals surface area contributed by atoms with Crippen molar-refractivity contribution < 1.29 is 18.3 Å². The average molecular weight is 330 g/mol. The van der Waals surface area contributed by atoms with Gasteiger partial charge in [-0.1, -0.05) is 0 Å². The first-order chi connectivity index (χ1) is 11.3. The van der Waals surface area contributed by atoms with E-state index < -0.39 is 17.9 Å². The summed E-state index contributed by atoms with van der Waals surface area (Å²) in [4.78, 5) is 21.1. The molecule has 3 aromatic rings. The lowest BCUT2D eigenvalue weighted by molar-refractivity contribution is 0.0278. The van der Waals surface area contributed by atoms with E-state index in [1.54, 1.807) is 27.7 Å². The third-order valence-electron chi connectivity index (χ3n) is 3.54. The van der Waals surface area contributed by atoms with Crippen molar-refractivity contribution in [3.05, 3.63) is 46.7 Å². The maximum atomic E-state index is 13.8. The van der Waals surface area contributed by atoms with Gasteiger partial charge in [0.05, 0.1) is 22.5 Å². The van der Waals surface area contributed by atoms with Gasteiger partial charge in [-0.3, -0.25) is 0 Å². The molecule has 0 radical (unpaired) electrons. The van der Waals surface area contributed by atoms with Crippen molar-refractivity contribution >= 4 is 17.0 Å². The Morgan fingerprint density at radius 3 is 2.54 bits per heavy atom. The molecule has 0 saturated heterocycles. The summed E-state index contributed by atoms with van der Waals surface area (Å²) in [6.45, 7) is 6.76. The molecule has 0 unspecified atom stereocenters. The average Bonchev–Trinajstić information content (AvgIpc) is 2.95. The van der Waals surface area contributed by atoms with Crippen LogP contribution in [-0.4, -0.2) is 26.1 Å². The lowest BCUT2D eigenvalue weighted by Crippen LogP contribution is -2.12. The highest BCUT2D eigenvalue weighted by Crippen LogP contribution is 2.23. The molecule has 0 aliphatic rings. The van der Waals surface area contributed by atoms with E-state index in [0.29, 0.717) is 28.3 Å². The fourth-order valence-electron chi connectivity index (χ4n) is 2.20. The number of fused-ring (bicyclic) bond motifs is 1. The Morgan fingerprint density at radius 2 is 1.88 bits per heavy atom. The molecule has 0 spiro atoms. The summed E-state index contributed by atoms with van der Waals surface area (Å²) in [5.41, 5.74) is 1.92. The number of ether oxygens (including phenoxy) is 1. The topological polar surface area (TPSA) is 91.0 Å². The molecule has 2 aromatic heterocycles. The molecule has 1 atom stereocenters. The zero-order valence-electron chi connectivity index (χ0n) is 13.6. The standard InChI is InChI=1S/C16H15FN4O3/c1-7-8(2)19-14-12(5-11(17)6-13(14)18-7)16(22)23-9(3)15-21-20-10(4)24-15/h5-6,9H,1-4H3/t9-/m1/s1. The van der Waals surface area contributed by atoms with Gasteiger partial charge in [0, 0.05) is 13.0 Å².